The Morgan fingerprint density at radius 1 is 0.735 bits per heavy atom. The van der Waals surface area contributed by atoms with Crippen molar-refractivity contribution >= 4 is 11.8 Å². The maximum atomic E-state index is 12.7. The van der Waals surface area contributed by atoms with Gasteiger partial charge in [-0.15, -0.1) is 0 Å². The standard InChI is InChI=1S/C13H8F6N2OS.C7H5F3O/c1-23-11-20-9(13(17,18)19)6-10(21-11)22-8-4-2-3-7(5-8)12(14,15)16;8-7(9,10)5-2-1-3-6(11)4-5/h2-6H,1H3;1-4,11H. The Morgan fingerprint density at radius 2 is 1.29 bits per heavy atom. The van der Waals surface area contributed by atoms with Crippen LogP contribution in [0.4, 0.5) is 39.5 Å². The molecule has 1 aromatic heterocycles. The number of aromatic nitrogens is 2. The van der Waals surface area contributed by atoms with Gasteiger partial charge in [-0.1, -0.05) is 23.9 Å². The van der Waals surface area contributed by atoms with Crippen LogP contribution in [-0.4, -0.2) is 21.3 Å². The summed E-state index contributed by atoms with van der Waals surface area (Å²) in [6.07, 6.45) is -12.2. The molecule has 0 radical (unpaired) electrons. The number of nitrogens with zero attached hydrogens (tertiary/aromatic N) is 2. The summed E-state index contributed by atoms with van der Waals surface area (Å²) in [4.78, 5) is 6.99. The van der Waals surface area contributed by atoms with Gasteiger partial charge >= 0.3 is 18.5 Å². The summed E-state index contributed by atoms with van der Waals surface area (Å²) in [5.41, 5.74) is -3.05. The molecular formula is C20H13F9N2O2S. The van der Waals surface area contributed by atoms with Gasteiger partial charge in [-0.2, -0.15) is 44.5 Å². The average Bonchev–Trinajstić information content (AvgIpc) is 2.72. The van der Waals surface area contributed by atoms with Crippen LogP contribution in [0.1, 0.15) is 16.8 Å². The van der Waals surface area contributed by atoms with E-state index < -0.39 is 41.2 Å². The summed E-state index contributed by atoms with van der Waals surface area (Å²) in [5.74, 6) is -1.14. The number of hydrogen-bond donors (Lipinski definition) is 1. The lowest BCUT2D eigenvalue weighted by molar-refractivity contribution is -0.142. The third kappa shape index (κ3) is 8.01. The Hall–Kier alpha value is -3.16. The topological polar surface area (TPSA) is 55.2 Å². The fourth-order valence-corrected chi connectivity index (χ4v) is 2.60. The zero-order chi connectivity index (χ0) is 25.7. The molecule has 0 aliphatic carbocycles. The molecule has 4 nitrogen and oxygen atoms in total. The normalized spacial score (nSPS) is 12.1. The number of phenolic OH excluding ortho intramolecular Hbond substituents is 1. The van der Waals surface area contributed by atoms with Crippen LogP contribution in [-0.2, 0) is 18.5 Å². The van der Waals surface area contributed by atoms with Crippen LogP contribution in [0.5, 0.6) is 17.4 Å². The van der Waals surface area contributed by atoms with Crippen molar-refractivity contribution in [1.29, 1.82) is 0 Å². The minimum atomic E-state index is -4.72. The van der Waals surface area contributed by atoms with Gasteiger partial charge in [0.25, 0.3) is 0 Å². The number of rotatable bonds is 3. The lowest BCUT2D eigenvalue weighted by Crippen LogP contribution is -2.10. The smallest absolute Gasteiger partial charge is 0.433 e. The number of ether oxygens (including phenoxy) is 1. The first-order chi connectivity index (χ1) is 15.6. The van der Waals surface area contributed by atoms with Crippen molar-refractivity contribution in [2.45, 2.75) is 23.7 Å². The monoisotopic (exact) mass is 516 g/mol. The highest BCUT2D eigenvalue weighted by Crippen LogP contribution is 2.35. The minimum Gasteiger partial charge on any atom is -0.508 e. The van der Waals surface area contributed by atoms with E-state index in [1.807, 2.05) is 0 Å². The van der Waals surface area contributed by atoms with E-state index in [-0.39, 0.29) is 16.7 Å². The van der Waals surface area contributed by atoms with Gasteiger partial charge in [0.2, 0.25) is 5.88 Å². The van der Waals surface area contributed by atoms with E-state index in [0.29, 0.717) is 18.2 Å². The highest BCUT2D eigenvalue weighted by atomic mass is 32.2. The molecule has 0 atom stereocenters. The third-order valence-corrected chi connectivity index (χ3v) is 4.26. The van der Waals surface area contributed by atoms with Crippen molar-refractivity contribution < 1.29 is 49.4 Å². The largest absolute Gasteiger partial charge is 0.508 e. The lowest BCUT2D eigenvalue weighted by atomic mass is 10.2. The van der Waals surface area contributed by atoms with E-state index in [1.54, 1.807) is 0 Å². The van der Waals surface area contributed by atoms with Crippen LogP contribution in [0.3, 0.4) is 0 Å². The average molecular weight is 516 g/mol. The van der Waals surface area contributed by atoms with E-state index in [0.717, 1.165) is 36.0 Å². The summed E-state index contributed by atoms with van der Waals surface area (Å²) in [5, 5.41) is 8.47. The zero-order valence-corrected chi connectivity index (χ0v) is 17.6. The van der Waals surface area contributed by atoms with Crippen molar-refractivity contribution in [3.8, 4) is 17.4 Å². The van der Waals surface area contributed by atoms with Crippen LogP contribution in [0.15, 0.2) is 59.8 Å². The van der Waals surface area contributed by atoms with Crippen LogP contribution in [0, 0.1) is 0 Å². The second-order valence-corrected chi connectivity index (χ2v) is 7.03. The van der Waals surface area contributed by atoms with Crippen molar-refractivity contribution in [3.63, 3.8) is 0 Å². The molecule has 0 bridgehead atoms. The molecular weight excluding hydrogens is 503 g/mol. The maximum absolute atomic E-state index is 12.7. The van der Waals surface area contributed by atoms with Crippen LogP contribution in [0.25, 0.3) is 0 Å². The Labute approximate surface area is 190 Å². The molecule has 1 heterocycles. The molecule has 0 fully saturated rings. The predicted molar refractivity (Wildman–Crippen MR) is 103 cm³/mol. The number of thioether (sulfide) groups is 1. The van der Waals surface area contributed by atoms with Gasteiger partial charge in [-0.3, -0.25) is 0 Å². The van der Waals surface area contributed by atoms with Gasteiger partial charge in [0.15, 0.2) is 10.9 Å². The molecule has 2 aromatic carbocycles. The first-order valence-electron chi connectivity index (χ1n) is 8.81. The molecule has 14 heteroatoms. The highest BCUT2D eigenvalue weighted by Gasteiger charge is 2.34. The Kier molecular flexibility index (Phi) is 8.29. The van der Waals surface area contributed by atoms with Gasteiger partial charge < -0.3 is 9.84 Å². The van der Waals surface area contributed by atoms with Gasteiger partial charge in [-0.05, 0) is 42.7 Å². The second kappa shape index (κ2) is 10.4. The first-order valence-corrected chi connectivity index (χ1v) is 10.0. The van der Waals surface area contributed by atoms with Gasteiger partial charge in [-0.25, -0.2) is 4.98 Å². The minimum absolute atomic E-state index is 0.207. The zero-order valence-electron chi connectivity index (χ0n) is 16.8. The number of benzene rings is 2. The molecule has 0 amide bonds. The van der Waals surface area contributed by atoms with Gasteiger partial charge in [0.05, 0.1) is 11.1 Å². The van der Waals surface area contributed by atoms with Gasteiger partial charge in [0.1, 0.15) is 11.5 Å². The second-order valence-electron chi connectivity index (χ2n) is 6.25. The Bertz CT molecular complexity index is 1120. The molecule has 0 saturated carbocycles. The number of aromatic hydroxyl groups is 1. The molecule has 184 valence electrons. The molecule has 0 aliphatic heterocycles. The summed E-state index contributed by atoms with van der Waals surface area (Å²) >= 11 is 0.849. The summed E-state index contributed by atoms with van der Waals surface area (Å²) in [7, 11) is 0. The van der Waals surface area contributed by atoms with Crippen molar-refractivity contribution in [2.75, 3.05) is 6.26 Å². The molecule has 1 N–H and O–H groups in total. The van der Waals surface area contributed by atoms with E-state index in [1.165, 1.54) is 18.4 Å². The molecule has 0 unspecified atom stereocenters. The van der Waals surface area contributed by atoms with E-state index in [9.17, 15) is 39.5 Å². The fourth-order valence-electron chi connectivity index (χ4n) is 2.23. The molecule has 3 rings (SSSR count). The quantitative estimate of drug-likeness (QED) is 0.223. The van der Waals surface area contributed by atoms with E-state index >= 15 is 0 Å². The van der Waals surface area contributed by atoms with Crippen molar-refractivity contribution in [3.05, 3.63) is 71.4 Å². The predicted octanol–water partition coefficient (Wildman–Crippen LogP) is 7.44. The Balaban J connectivity index is 0.000000310. The van der Waals surface area contributed by atoms with Gasteiger partial charge in [0, 0.05) is 6.07 Å². The van der Waals surface area contributed by atoms with Crippen LogP contribution in [0.2, 0.25) is 0 Å². The van der Waals surface area contributed by atoms with Crippen molar-refractivity contribution in [2.24, 2.45) is 0 Å². The van der Waals surface area contributed by atoms with Crippen molar-refractivity contribution in [1.82, 2.24) is 9.97 Å². The molecule has 0 aliphatic rings. The van der Waals surface area contributed by atoms with E-state index in [4.69, 9.17) is 9.84 Å². The summed E-state index contributed by atoms with van der Waals surface area (Å²) in [6.45, 7) is 0. The van der Waals surface area contributed by atoms with Crippen LogP contribution >= 0.6 is 11.8 Å². The number of alkyl halides is 9. The number of hydrogen-bond acceptors (Lipinski definition) is 5. The Morgan fingerprint density at radius 3 is 1.76 bits per heavy atom. The summed E-state index contributed by atoms with van der Waals surface area (Å²) in [6, 6.07) is 8.21. The van der Waals surface area contributed by atoms with E-state index in [2.05, 4.69) is 9.97 Å². The molecule has 0 saturated heterocycles. The molecule has 3 aromatic rings. The molecule has 34 heavy (non-hydrogen) atoms. The maximum Gasteiger partial charge on any atom is 0.433 e. The fraction of sp³-hybridized carbons (Fsp3) is 0.200. The highest BCUT2D eigenvalue weighted by molar-refractivity contribution is 7.98. The molecule has 0 spiro atoms. The first kappa shape index (κ1) is 27.1. The summed E-state index contributed by atoms with van der Waals surface area (Å²) < 4.78 is 117. The number of phenols is 1. The lowest BCUT2D eigenvalue weighted by Gasteiger charge is -2.11. The van der Waals surface area contributed by atoms with Crippen LogP contribution < -0.4 is 4.74 Å². The number of halogens is 9. The third-order valence-electron chi connectivity index (χ3n) is 3.71. The SMILES string of the molecule is CSc1nc(Oc2cccc(C(F)(F)F)c2)cc(C(F)(F)F)n1.Oc1cccc(C(F)(F)F)c1.